The lowest BCUT2D eigenvalue weighted by atomic mass is 10.1. The minimum atomic E-state index is -0.162. The lowest BCUT2D eigenvalue weighted by molar-refractivity contribution is -0.115. The second kappa shape index (κ2) is 8.20. The maximum atomic E-state index is 12.0. The van der Waals surface area contributed by atoms with Gasteiger partial charge >= 0.3 is 0 Å². The van der Waals surface area contributed by atoms with Crippen molar-refractivity contribution >= 4 is 34.8 Å². The summed E-state index contributed by atoms with van der Waals surface area (Å²) in [6.07, 6.45) is 0. The largest absolute Gasteiger partial charge is 0.495 e. The Morgan fingerprint density at radius 1 is 1.17 bits per heavy atom. The molecule has 0 heterocycles. The van der Waals surface area contributed by atoms with Gasteiger partial charge in [-0.3, -0.25) is 4.79 Å². The fourth-order valence-corrected chi connectivity index (χ4v) is 2.69. The zero-order chi connectivity index (χ0) is 16.8. The summed E-state index contributed by atoms with van der Waals surface area (Å²) in [7, 11) is 1.54. The van der Waals surface area contributed by atoms with E-state index in [1.54, 1.807) is 25.3 Å². The first-order chi connectivity index (χ1) is 11.0. The molecule has 0 saturated heterocycles. The molecule has 4 nitrogen and oxygen atoms in total. The Morgan fingerprint density at radius 3 is 2.57 bits per heavy atom. The van der Waals surface area contributed by atoms with Gasteiger partial charge in [-0.15, -0.1) is 0 Å². The molecule has 122 valence electrons. The van der Waals surface area contributed by atoms with Gasteiger partial charge in [0.25, 0.3) is 0 Å². The smallest absolute Gasteiger partial charge is 0.238 e. The summed E-state index contributed by atoms with van der Waals surface area (Å²) in [5, 5.41) is 7.05. The molecule has 0 aliphatic carbocycles. The number of methoxy groups -OCH3 is 1. The highest BCUT2D eigenvalue weighted by Crippen LogP contribution is 2.27. The van der Waals surface area contributed by atoms with Crippen LogP contribution in [0.1, 0.15) is 18.5 Å². The molecule has 0 bridgehead atoms. The average Bonchev–Trinajstić information content (AvgIpc) is 2.53. The third kappa shape index (κ3) is 4.86. The first-order valence-corrected chi connectivity index (χ1v) is 7.88. The van der Waals surface area contributed by atoms with Gasteiger partial charge in [0.15, 0.2) is 0 Å². The molecule has 0 aliphatic heterocycles. The Hall–Kier alpha value is -1.75. The second-order valence-corrected chi connectivity index (χ2v) is 5.84. The lowest BCUT2D eigenvalue weighted by Crippen LogP contribution is -2.30. The molecule has 1 amide bonds. The van der Waals surface area contributed by atoms with Gasteiger partial charge in [0.2, 0.25) is 5.91 Å². The topological polar surface area (TPSA) is 50.4 Å². The van der Waals surface area contributed by atoms with Crippen molar-refractivity contribution in [2.45, 2.75) is 13.0 Å². The average molecular weight is 353 g/mol. The maximum absolute atomic E-state index is 12.0. The molecule has 0 saturated carbocycles. The number of benzene rings is 2. The van der Waals surface area contributed by atoms with Gasteiger partial charge in [-0.25, -0.2) is 0 Å². The molecule has 2 N–H and O–H groups in total. The maximum Gasteiger partial charge on any atom is 0.238 e. The van der Waals surface area contributed by atoms with Gasteiger partial charge < -0.3 is 15.4 Å². The third-order valence-corrected chi connectivity index (χ3v) is 4.02. The third-order valence-electron chi connectivity index (χ3n) is 3.38. The highest BCUT2D eigenvalue weighted by molar-refractivity contribution is 6.32. The van der Waals surface area contributed by atoms with Crippen molar-refractivity contribution in [3.05, 3.63) is 58.1 Å². The van der Waals surface area contributed by atoms with Crippen LogP contribution in [0.25, 0.3) is 0 Å². The number of anilines is 1. The van der Waals surface area contributed by atoms with Gasteiger partial charge in [0, 0.05) is 16.8 Å². The van der Waals surface area contributed by atoms with E-state index in [1.165, 1.54) is 0 Å². The van der Waals surface area contributed by atoms with Crippen molar-refractivity contribution in [3.63, 3.8) is 0 Å². The van der Waals surface area contributed by atoms with Crippen LogP contribution in [0.4, 0.5) is 5.69 Å². The Labute approximate surface area is 145 Å². The molecule has 0 spiro atoms. The highest BCUT2D eigenvalue weighted by atomic mass is 35.5. The number of carbonyl (C=O) groups excluding carboxylic acids is 1. The number of rotatable bonds is 6. The number of carbonyl (C=O) groups is 1. The van der Waals surface area contributed by atoms with Crippen LogP contribution >= 0.6 is 23.2 Å². The molecular weight excluding hydrogens is 335 g/mol. The predicted octanol–water partition coefficient (Wildman–Crippen LogP) is 4.29. The SMILES string of the molecule is COc1ccc(NC(=O)CN[C@@H](C)c2ccccc2Cl)cc1Cl. The minimum absolute atomic E-state index is 0.0334. The first-order valence-electron chi connectivity index (χ1n) is 7.12. The number of ether oxygens (including phenoxy) is 1. The Kier molecular flexibility index (Phi) is 6.28. The highest BCUT2D eigenvalue weighted by Gasteiger charge is 2.11. The summed E-state index contributed by atoms with van der Waals surface area (Å²) in [5.41, 5.74) is 1.57. The zero-order valence-corrected chi connectivity index (χ0v) is 14.4. The van der Waals surface area contributed by atoms with E-state index in [0.29, 0.717) is 21.5 Å². The fourth-order valence-electron chi connectivity index (χ4n) is 2.13. The molecule has 0 aromatic heterocycles. The first kappa shape index (κ1) is 17.6. The van der Waals surface area contributed by atoms with E-state index in [0.717, 1.165) is 5.56 Å². The number of amides is 1. The minimum Gasteiger partial charge on any atom is -0.495 e. The summed E-state index contributed by atoms with van der Waals surface area (Å²) in [5.74, 6) is 0.403. The van der Waals surface area contributed by atoms with Gasteiger partial charge in [-0.05, 0) is 36.8 Å². The van der Waals surface area contributed by atoms with Crippen LogP contribution in [0.5, 0.6) is 5.75 Å². The summed E-state index contributed by atoms with van der Waals surface area (Å²) >= 11 is 12.2. The summed E-state index contributed by atoms with van der Waals surface area (Å²) < 4.78 is 5.07. The van der Waals surface area contributed by atoms with E-state index >= 15 is 0 Å². The van der Waals surface area contributed by atoms with E-state index < -0.39 is 0 Å². The Balaban J connectivity index is 1.90. The van der Waals surface area contributed by atoms with E-state index in [9.17, 15) is 4.79 Å². The van der Waals surface area contributed by atoms with Crippen LogP contribution in [0, 0.1) is 0 Å². The molecule has 0 unspecified atom stereocenters. The molecule has 0 aliphatic rings. The number of halogens is 2. The van der Waals surface area contributed by atoms with Crippen LogP contribution in [-0.4, -0.2) is 19.6 Å². The number of hydrogen-bond acceptors (Lipinski definition) is 3. The van der Waals surface area contributed by atoms with E-state index in [4.69, 9.17) is 27.9 Å². The monoisotopic (exact) mass is 352 g/mol. The summed E-state index contributed by atoms with van der Waals surface area (Å²) in [4.78, 5) is 12.0. The molecular formula is C17H18Cl2N2O2. The van der Waals surface area contributed by atoms with Crippen LogP contribution in [0.2, 0.25) is 10.0 Å². The standard InChI is InChI=1S/C17H18Cl2N2O2/c1-11(13-5-3-4-6-14(13)18)20-10-17(22)21-12-7-8-16(23-2)15(19)9-12/h3-9,11,20H,10H2,1-2H3,(H,21,22)/t11-/m0/s1. The van der Waals surface area contributed by atoms with Crippen LogP contribution in [0.15, 0.2) is 42.5 Å². The molecule has 6 heteroatoms. The number of nitrogens with one attached hydrogen (secondary N) is 2. The molecule has 2 aromatic carbocycles. The molecule has 0 fully saturated rings. The van der Waals surface area contributed by atoms with Crippen molar-refractivity contribution in [3.8, 4) is 5.75 Å². The van der Waals surface area contributed by atoms with Gasteiger partial charge in [0.1, 0.15) is 5.75 Å². The van der Waals surface area contributed by atoms with Crippen molar-refractivity contribution < 1.29 is 9.53 Å². The molecule has 2 rings (SSSR count). The van der Waals surface area contributed by atoms with E-state index in [-0.39, 0.29) is 18.5 Å². The summed E-state index contributed by atoms with van der Waals surface area (Å²) in [6, 6.07) is 12.6. The molecule has 1 atom stereocenters. The van der Waals surface area contributed by atoms with Crippen LogP contribution in [-0.2, 0) is 4.79 Å². The van der Waals surface area contributed by atoms with E-state index in [1.807, 2.05) is 31.2 Å². The van der Waals surface area contributed by atoms with Crippen molar-refractivity contribution in [1.29, 1.82) is 0 Å². The normalized spacial score (nSPS) is 11.8. The van der Waals surface area contributed by atoms with E-state index in [2.05, 4.69) is 10.6 Å². The quantitative estimate of drug-likeness (QED) is 0.815. The van der Waals surface area contributed by atoms with Crippen molar-refractivity contribution in [1.82, 2.24) is 5.32 Å². The molecule has 2 aromatic rings. The molecule has 23 heavy (non-hydrogen) atoms. The van der Waals surface area contributed by atoms with Gasteiger partial charge in [-0.1, -0.05) is 41.4 Å². The second-order valence-electron chi connectivity index (χ2n) is 5.02. The lowest BCUT2D eigenvalue weighted by Gasteiger charge is -2.15. The van der Waals surface area contributed by atoms with Gasteiger partial charge in [0.05, 0.1) is 18.7 Å². The van der Waals surface area contributed by atoms with Crippen LogP contribution in [0.3, 0.4) is 0 Å². The van der Waals surface area contributed by atoms with Crippen molar-refractivity contribution in [2.24, 2.45) is 0 Å². The molecule has 0 radical (unpaired) electrons. The fraction of sp³-hybridized carbons (Fsp3) is 0.235. The zero-order valence-electron chi connectivity index (χ0n) is 12.9. The Bertz CT molecular complexity index is 692. The van der Waals surface area contributed by atoms with Gasteiger partial charge in [-0.2, -0.15) is 0 Å². The van der Waals surface area contributed by atoms with Crippen LogP contribution < -0.4 is 15.4 Å². The van der Waals surface area contributed by atoms with Crippen molar-refractivity contribution in [2.75, 3.05) is 19.0 Å². The number of hydrogen-bond donors (Lipinski definition) is 2. The summed E-state index contributed by atoms with van der Waals surface area (Å²) in [6.45, 7) is 2.12. The Morgan fingerprint density at radius 2 is 1.91 bits per heavy atom. The predicted molar refractivity (Wildman–Crippen MR) is 94.5 cm³/mol.